The van der Waals surface area contributed by atoms with Crippen LogP contribution < -0.4 is 0 Å². The minimum atomic E-state index is -0.475. The third-order valence-electron chi connectivity index (χ3n) is 1.73. The number of hydrogen-bond acceptors (Lipinski definition) is 4. The second kappa shape index (κ2) is 8.66. The fourth-order valence-corrected chi connectivity index (χ4v) is 1.24. The molecule has 98 valence electrons. The van der Waals surface area contributed by atoms with Crippen molar-refractivity contribution in [2.45, 2.75) is 13.3 Å². The van der Waals surface area contributed by atoms with Crippen molar-refractivity contribution < 1.29 is 19.1 Å². The first-order valence-corrected chi connectivity index (χ1v) is 5.63. The Morgan fingerprint density at radius 1 is 1.33 bits per heavy atom. The van der Waals surface area contributed by atoms with Gasteiger partial charge in [0.2, 0.25) is 0 Å². The molecule has 0 heterocycles. The maximum absolute atomic E-state index is 10.2. The van der Waals surface area contributed by atoms with E-state index >= 15 is 0 Å². The normalized spacial score (nSPS) is 8.89. The molecule has 0 amide bonds. The minimum absolute atomic E-state index is 0.115. The van der Waals surface area contributed by atoms with E-state index in [0.29, 0.717) is 21.9 Å². The van der Waals surface area contributed by atoms with Crippen LogP contribution in [0.3, 0.4) is 0 Å². The topological polar surface area (TPSA) is 60.4 Å². The summed E-state index contributed by atoms with van der Waals surface area (Å²) in [7, 11) is 1.26. The summed E-state index contributed by atoms with van der Waals surface area (Å²) >= 11 is 11.2. The summed E-state index contributed by atoms with van der Waals surface area (Å²) in [5, 5.41) is 0.727. The van der Waals surface area contributed by atoms with Crippen LogP contribution in [0.5, 0.6) is 0 Å². The number of ketones is 1. The zero-order valence-corrected chi connectivity index (χ0v) is 11.4. The van der Waals surface area contributed by atoms with E-state index in [9.17, 15) is 14.4 Å². The van der Waals surface area contributed by atoms with Crippen LogP contribution in [0, 0.1) is 0 Å². The Morgan fingerprint density at radius 3 is 2.28 bits per heavy atom. The van der Waals surface area contributed by atoms with Crippen LogP contribution in [0.25, 0.3) is 0 Å². The van der Waals surface area contributed by atoms with Crippen molar-refractivity contribution >= 4 is 41.2 Å². The lowest BCUT2D eigenvalue weighted by Gasteiger charge is -1.95. The molecule has 1 aromatic rings. The molecule has 4 nitrogen and oxygen atoms in total. The number of hydrogen-bond donors (Lipinski definition) is 0. The number of Topliss-reactive ketones (excluding diaryl/α,β-unsaturated/α-hetero) is 1. The number of halogens is 2. The van der Waals surface area contributed by atoms with Gasteiger partial charge in [-0.2, -0.15) is 0 Å². The molecule has 0 fully saturated rings. The molecular weight excluding hydrogens is 279 g/mol. The Bertz CT molecular complexity index is 444. The fourth-order valence-electron chi connectivity index (χ4n) is 0.887. The molecule has 0 atom stereocenters. The SMILES string of the molecule is COC(=O)CC(C)=O.O=Cc1cccc(Cl)c1Cl. The van der Waals surface area contributed by atoms with Gasteiger partial charge in [-0.25, -0.2) is 0 Å². The molecule has 0 radical (unpaired) electrons. The van der Waals surface area contributed by atoms with Crippen LogP contribution >= 0.6 is 23.2 Å². The number of carbonyl (C=O) groups excluding carboxylic acids is 3. The first kappa shape index (κ1) is 16.6. The average Bonchev–Trinajstić information content (AvgIpc) is 2.32. The van der Waals surface area contributed by atoms with Gasteiger partial charge < -0.3 is 4.74 Å². The summed E-state index contributed by atoms with van der Waals surface area (Å²) in [6.45, 7) is 1.34. The predicted octanol–water partition coefficient (Wildman–Crippen LogP) is 2.94. The van der Waals surface area contributed by atoms with Crippen LogP contribution in [0.2, 0.25) is 10.0 Å². The number of benzene rings is 1. The van der Waals surface area contributed by atoms with Crippen molar-refractivity contribution in [1.29, 1.82) is 0 Å². The summed E-state index contributed by atoms with van der Waals surface area (Å²) in [6.07, 6.45) is 0.560. The van der Waals surface area contributed by atoms with Crippen molar-refractivity contribution in [3.05, 3.63) is 33.8 Å². The smallest absolute Gasteiger partial charge is 0.313 e. The molecule has 1 rings (SSSR count). The lowest BCUT2D eigenvalue weighted by molar-refractivity contribution is -0.142. The Hall–Kier alpha value is -1.39. The number of rotatable bonds is 3. The Kier molecular flexibility index (Phi) is 8.00. The third kappa shape index (κ3) is 6.37. The van der Waals surface area contributed by atoms with E-state index in [1.165, 1.54) is 14.0 Å². The summed E-state index contributed by atoms with van der Waals surface area (Å²) in [5.41, 5.74) is 0.425. The van der Waals surface area contributed by atoms with Gasteiger partial charge in [-0.3, -0.25) is 14.4 Å². The second-order valence-electron chi connectivity index (χ2n) is 3.22. The highest BCUT2D eigenvalue weighted by molar-refractivity contribution is 6.43. The molecule has 0 spiro atoms. The summed E-state index contributed by atoms with van der Waals surface area (Å²) in [4.78, 5) is 30.5. The molecule has 0 aromatic heterocycles. The van der Waals surface area contributed by atoms with Crippen molar-refractivity contribution in [2.75, 3.05) is 7.11 Å². The number of carbonyl (C=O) groups is 3. The standard InChI is InChI=1S/C7H4Cl2O.C5H8O3/c8-6-3-1-2-5(4-10)7(6)9;1-4(6)3-5(7)8-2/h1-4H;3H2,1-2H3. The maximum Gasteiger partial charge on any atom is 0.313 e. The van der Waals surface area contributed by atoms with Gasteiger partial charge in [0.1, 0.15) is 12.2 Å². The lowest BCUT2D eigenvalue weighted by Crippen LogP contribution is -2.05. The molecule has 18 heavy (non-hydrogen) atoms. The van der Waals surface area contributed by atoms with Crippen LogP contribution in [0.15, 0.2) is 18.2 Å². The first-order valence-electron chi connectivity index (χ1n) is 4.87. The number of esters is 1. The van der Waals surface area contributed by atoms with Gasteiger partial charge in [0.05, 0.1) is 17.2 Å². The van der Waals surface area contributed by atoms with Gasteiger partial charge in [0.25, 0.3) is 0 Å². The third-order valence-corrected chi connectivity index (χ3v) is 2.56. The number of ether oxygens (including phenoxy) is 1. The summed E-state index contributed by atoms with van der Waals surface area (Å²) < 4.78 is 4.20. The molecular formula is C12H12Cl2O4. The van der Waals surface area contributed by atoms with E-state index < -0.39 is 5.97 Å². The van der Waals surface area contributed by atoms with Crippen LogP contribution in [0.4, 0.5) is 0 Å². The van der Waals surface area contributed by atoms with Crippen LogP contribution in [-0.4, -0.2) is 25.1 Å². The van der Waals surface area contributed by atoms with Gasteiger partial charge >= 0.3 is 5.97 Å². The van der Waals surface area contributed by atoms with E-state index in [-0.39, 0.29) is 12.2 Å². The molecule has 0 unspecified atom stereocenters. The molecule has 0 N–H and O–H groups in total. The number of aldehydes is 1. The molecule has 0 aliphatic rings. The average molecular weight is 291 g/mol. The molecule has 0 saturated carbocycles. The van der Waals surface area contributed by atoms with Gasteiger partial charge in [-0.05, 0) is 13.0 Å². The van der Waals surface area contributed by atoms with Crippen molar-refractivity contribution in [2.24, 2.45) is 0 Å². The van der Waals surface area contributed by atoms with Crippen LogP contribution in [0.1, 0.15) is 23.7 Å². The quantitative estimate of drug-likeness (QED) is 0.488. The minimum Gasteiger partial charge on any atom is -0.469 e. The molecule has 0 saturated heterocycles. The molecule has 0 bridgehead atoms. The molecule has 0 aliphatic carbocycles. The Balaban J connectivity index is 0.000000331. The maximum atomic E-state index is 10.2. The number of methoxy groups -OCH3 is 1. The van der Waals surface area contributed by atoms with E-state index in [4.69, 9.17) is 23.2 Å². The zero-order chi connectivity index (χ0) is 14.1. The predicted molar refractivity (Wildman–Crippen MR) is 69.2 cm³/mol. The fraction of sp³-hybridized carbons (Fsp3) is 0.250. The largest absolute Gasteiger partial charge is 0.469 e. The second-order valence-corrected chi connectivity index (χ2v) is 4.00. The Morgan fingerprint density at radius 2 is 1.94 bits per heavy atom. The highest BCUT2D eigenvalue weighted by Crippen LogP contribution is 2.23. The molecule has 1 aromatic carbocycles. The summed E-state index contributed by atoms with van der Waals surface area (Å²) in [5.74, 6) is -0.644. The Labute approximate surface area is 115 Å². The van der Waals surface area contributed by atoms with Gasteiger partial charge in [-0.15, -0.1) is 0 Å². The van der Waals surface area contributed by atoms with E-state index in [1.807, 2.05) is 0 Å². The van der Waals surface area contributed by atoms with E-state index in [2.05, 4.69) is 4.74 Å². The van der Waals surface area contributed by atoms with Gasteiger partial charge in [0, 0.05) is 5.56 Å². The van der Waals surface area contributed by atoms with Gasteiger partial charge in [0.15, 0.2) is 6.29 Å². The lowest BCUT2D eigenvalue weighted by atomic mass is 10.2. The molecule has 6 heteroatoms. The zero-order valence-electron chi connectivity index (χ0n) is 9.91. The monoisotopic (exact) mass is 290 g/mol. The van der Waals surface area contributed by atoms with Crippen molar-refractivity contribution in [3.8, 4) is 0 Å². The highest BCUT2D eigenvalue weighted by atomic mass is 35.5. The van der Waals surface area contributed by atoms with E-state index in [1.54, 1.807) is 18.2 Å². The first-order chi connectivity index (χ1) is 8.42. The summed E-state index contributed by atoms with van der Waals surface area (Å²) in [6, 6.07) is 4.93. The van der Waals surface area contributed by atoms with Gasteiger partial charge in [-0.1, -0.05) is 35.3 Å². The van der Waals surface area contributed by atoms with Crippen molar-refractivity contribution in [3.63, 3.8) is 0 Å². The van der Waals surface area contributed by atoms with Crippen LogP contribution in [-0.2, 0) is 14.3 Å². The molecule has 0 aliphatic heterocycles. The highest BCUT2D eigenvalue weighted by Gasteiger charge is 2.02. The van der Waals surface area contributed by atoms with Crippen molar-refractivity contribution in [1.82, 2.24) is 0 Å². The van der Waals surface area contributed by atoms with E-state index in [0.717, 1.165) is 0 Å².